The lowest BCUT2D eigenvalue weighted by molar-refractivity contribution is 0.0625. The molecule has 5 nitrogen and oxygen atoms in total. The first-order valence-electron chi connectivity index (χ1n) is 10.7. The second-order valence-corrected chi connectivity index (χ2v) is 9.48. The van der Waals surface area contributed by atoms with Gasteiger partial charge in [0.15, 0.2) is 5.43 Å². The predicted octanol–water partition coefficient (Wildman–Crippen LogP) is 4.45. The standard InChI is InChI=1S/C25H24FN3O2S/c1-15(2)27-14-29(28-12-11-21(30)16(3)22(28)25(27)31)23-18-8-5-4-7-17(18)13-32-24-19(23)9-6-10-20(24)26/h4-12,15,23H,13-14H2,1-3H3. The molecule has 0 saturated carbocycles. The third kappa shape index (κ3) is 3.14. The van der Waals surface area contributed by atoms with Crippen molar-refractivity contribution in [3.8, 4) is 0 Å². The molecule has 1 aromatic heterocycles. The van der Waals surface area contributed by atoms with Crippen LogP contribution in [0.4, 0.5) is 4.39 Å². The molecule has 0 aliphatic carbocycles. The fourth-order valence-corrected chi connectivity index (χ4v) is 5.71. The molecule has 0 fully saturated rings. The first-order valence-corrected chi connectivity index (χ1v) is 11.7. The lowest BCUT2D eigenvalue weighted by Crippen LogP contribution is -2.57. The summed E-state index contributed by atoms with van der Waals surface area (Å²) in [6, 6.07) is 14.5. The fourth-order valence-electron chi connectivity index (χ4n) is 4.59. The summed E-state index contributed by atoms with van der Waals surface area (Å²) in [6.07, 6.45) is 1.67. The van der Waals surface area contributed by atoms with Crippen molar-refractivity contribution in [3.05, 3.63) is 98.7 Å². The molecule has 2 aromatic carbocycles. The molecule has 1 unspecified atom stereocenters. The smallest absolute Gasteiger partial charge is 0.274 e. The highest BCUT2D eigenvalue weighted by atomic mass is 32.2. The molecule has 2 aliphatic rings. The lowest BCUT2D eigenvalue weighted by atomic mass is 9.94. The van der Waals surface area contributed by atoms with Gasteiger partial charge in [-0.2, -0.15) is 0 Å². The van der Waals surface area contributed by atoms with Crippen LogP contribution in [0.5, 0.6) is 0 Å². The summed E-state index contributed by atoms with van der Waals surface area (Å²) in [5.41, 5.74) is 3.68. The van der Waals surface area contributed by atoms with Crippen molar-refractivity contribution in [1.82, 2.24) is 9.58 Å². The van der Waals surface area contributed by atoms with Crippen LogP contribution in [0.25, 0.3) is 0 Å². The van der Waals surface area contributed by atoms with E-state index in [2.05, 4.69) is 17.1 Å². The number of hydrogen-bond acceptors (Lipinski definition) is 4. The van der Waals surface area contributed by atoms with Gasteiger partial charge in [0.05, 0.1) is 6.04 Å². The van der Waals surface area contributed by atoms with Gasteiger partial charge in [-0.05, 0) is 43.5 Å². The number of carbonyl (C=O) groups excluding carboxylic acids is 1. The Morgan fingerprint density at radius 2 is 1.78 bits per heavy atom. The Bertz CT molecular complexity index is 1290. The van der Waals surface area contributed by atoms with Gasteiger partial charge in [-0.15, -0.1) is 11.8 Å². The topological polar surface area (TPSA) is 45.6 Å². The summed E-state index contributed by atoms with van der Waals surface area (Å²) in [6.45, 7) is 5.95. The van der Waals surface area contributed by atoms with Crippen molar-refractivity contribution < 1.29 is 9.18 Å². The molecule has 1 amide bonds. The van der Waals surface area contributed by atoms with Gasteiger partial charge in [0.2, 0.25) is 0 Å². The highest BCUT2D eigenvalue weighted by molar-refractivity contribution is 7.98. The monoisotopic (exact) mass is 449 g/mol. The van der Waals surface area contributed by atoms with E-state index < -0.39 is 0 Å². The number of fused-ring (bicyclic) bond motifs is 3. The van der Waals surface area contributed by atoms with Crippen LogP contribution in [0.3, 0.4) is 0 Å². The quantitative estimate of drug-likeness (QED) is 0.580. The van der Waals surface area contributed by atoms with Gasteiger partial charge in [0.25, 0.3) is 5.91 Å². The van der Waals surface area contributed by atoms with E-state index in [4.69, 9.17) is 0 Å². The van der Waals surface area contributed by atoms with Gasteiger partial charge in [-0.3, -0.25) is 19.3 Å². The molecule has 3 aromatic rings. The maximum Gasteiger partial charge on any atom is 0.274 e. The number of halogens is 1. The summed E-state index contributed by atoms with van der Waals surface area (Å²) in [4.78, 5) is 28.2. The van der Waals surface area contributed by atoms with Crippen LogP contribution in [0.1, 0.15) is 52.6 Å². The van der Waals surface area contributed by atoms with Crippen molar-refractivity contribution in [3.63, 3.8) is 0 Å². The third-order valence-electron chi connectivity index (χ3n) is 6.29. The number of nitrogens with zero attached hydrogens (tertiary/aromatic N) is 3. The van der Waals surface area contributed by atoms with Crippen LogP contribution in [-0.2, 0) is 5.75 Å². The number of benzene rings is 2. The number of carbonyl (C=O) groups is 1. The van der Waals surface area contributed by atoms with Gasteiger partial charge in [-0.1, -0.05) is 36.4 Å². The Kier molecular flexibility index (Phi) is 5.08. The molecule has 0 bridgehead atoms. The van der Waals surface area contributed by atoms with Gasteiger partial charge in [0, 0.05) is 34.5 Å². The third-order valence-corrected chi connectivity index (χ3v) is 7.47. The van der Waals surface area contributed by atoms with Gasteiger partial charge in [-0.25, -0.2) is 4.39 Å². The van der Waals surface area contributed by atoms with E-state index in [0.29, 0.717) is 28.6 Å². The second kappa shape index (κ2) is 7.81. The van der Waals surface area contributed by atoms with Gasteiger partial charge in [0.1, 0.15) is 18.2 Å². The number of rotatable bonds is 2. The normalized spacial score (nSPS) is 17.7. The zero-order valence-electron chi connectivity index (χ0n) is 18.2. The zero-order valence-corrected chi connectivity index (χ0v) is 19.0. The Morgan fingerprint density at radius 3 is 2.56 bits per heavy atom. The highest BCUT2D eigenvalue weighted by Crippen LogP contribution is 2.43. The molecule has 1 atom stereocenters. The maximum absolute atomic E-state index is 14.9. The summed E-state index contributed by atoms with van der Waals surface area (Å²) >= 11 is 1.50. The molecule has 0 radical (unpaired) electrons. The van der Waals surface area contributed by atoms with Crippen molar-refractivity contribution in [2.45, 2.75) is 43.5 Å². The molecular formula is C25H24FN3O2S. The Labute approximate surface area is 190 Å². The minimum atomic E-state index is -0.318. The van der Waals surface area contributed by atoms with E-state index in [9.17, 15) is 14.0 Å². The first-order chi connectivity index (χ1) is 15.4. The summed E-state index contributed by atoms with van der Waals surface area (Å²) in [7, 11) is 0. The van der Waals surface area contributed by atoms with E-state index in [0.717, 1.165) is 16.7 Å². The SMILES string of the molecule is Cc1c2n(ccc1=O)N(C1c3ccccc3CSc3c(F)cccc31)CN(C(C)C)C2=O. The lowest BCUT2D eigenvalue weighted by Gasteiger charge is -2.45. The van der Waals surface area contributed by atoms with Crippen LogP contribution in [0.2, 0.25) is 0 Å². The van der Waals surface area contributed by atoms with Crippen LogP contribution in [-0.4, -0.2) is 28.2 Å². The predicted molar refractivity (Wildman–Crippen MR) is 124 cm³/mol. The Hall–Kier alpha value is -3.06. The summed E-state index contributed by atoms with van der Waals surface area (Å²) in [5, 5.41) is 2.08. The molecule has 0 N–H and O–H groups in total. The van der Waals surface area contributed by atoms with E-state index in [1.54, 1.807) is 28.8 Å². The number of aromatic nitrogens is 1. The average Bonchev–Trinajstić information content (AvgIpc) is 2.94. The zero-order chi connectivity index (χ0) is 22.6. The van der Waals surface area contributed by atoms with Gasteiger partial charge >= 0.3 is 0 Å². The molecule has 5 rings (SSSR count). The van der Waals surface area contributed by atoms with Gasteiger partial charge < -0.3 is 4.90 Å². The van der Waals surface area contributed by atoms with Crippen molar-refractivity contribution in [2.24, 2.45) is 0 Å². The number of hydrogen-bond donors (Lipinski definition) is 0. The molecule has 0 saturated heterocycles. The first kappa shape index (κ1) is 20.8. The molecular weight excluding hydrogens is 425 g/mol. The number of amides is 1. The van der Waals surface area contributed by atoms with E-state index >= 15 is 0 Å². The van der Waals surface area contributed by atoms with Crippen LogP contribution >= 0.6 is 11.8 Å². The van der Waals surface area contributed by atoms with Crippen LogP contribution < -0.4 is 10.4 Å². The number of thioether (sulfide) groups is 1. The average molecular weight is 450 g/mol. The summed E-state index contributed by atoms with van der Waals surface area (Å²) < 4.78 is 16.7. The van der Waals surface area contributed by atoms with E-state index in [-0.39, 0.29) is 29.2 Å². The minimum absolute atomic E-state index is 0.0594. The largest absolute Gasteiger partial charge is 0.316 e. The van der Waals surface area contributed by atoms with Crippen LogP contribution in [0.15, 0.2) is 64.4 Å². The molecule has 2 aliphatic heterocycles. The van der Waals surface area contributed by atoms with E-state index in [1.807, 2.05) is 32.0 Å². The Balaban J connectivity index is 1.80. The Morgan fingerprint density at radius 1 is 1.03 bits per heavy atom. The van der Waals surface area contributed by atoms with Crippen LogP contribution in [0, 0.1) is 12.7 Å². The minimum Gasteiger partial charge on any atom is -0.316 e. The van der Waals surface area contributed by atoms with E-state index in [1.165, 1.54) is 23.9 Å². The molecule has 0 spiro atoms. The highest BCUT2D eigenvalue weighted by Gasteiger charge is 2.38. The second-order valence-electron chi connectivity index (χ2n) is 8.50. The molecule has 164 valence electrons. The molecule has 7 heteroatoms. The summed E-state index contributed by atoms with van der Waals surface area (Å²) in [5.74, 6) is 0.259. The van der Waals surface area contributed by atoms with Crippen molar-refractivity contribution in [2.75, 3.05) is 11.7 Å². The molecule has 3 heterocycles. The molecule has 32 heavy (non-hydrogen) atoms. The maximum atomic E-state index is 14.9. The fraction of sp³-hybridized carbons (Fsp3) is 0.280. The van der Waals surface area contributed by atoms with Crippen molar-refractivity contribution >= 4 is 17.7 Å². The van der Waals surface area contributed by atoms with Crippen molar-refractivity contribution in [1.29, 1.82) is 0 Å². The number of pyridine rings is 1.